The van der Waals surface area contributed by atoms with E-state index >= 15 is 0 Å². The molecule has 5 nitrogen and oxygen atoms in total. The standard InChI is InChI=1S/C25H31FN4O/c1-5-8-16(4)29(7-3)25(31)23-14-19(6-2)30-24(27-23)15-22(28-30)20-12-11-18(13-21(20)26)17-9-10-17/h11-17H,5-10H2,1-4H3. The number of aryl methyl sites for hydroxylation is 1. The van der Waals surface area contributed by atoms with Crippen LogP contribution in [0.4, 0.5) is 4.39 Å². The number of nitrogens with zero attached hydrogens (tertiary/aromatic N) is 4. The number of hydrogen-bond acceptors (Lipinski definition) is 3. The van der Waals surface area contributed by atoms with E-state index in [4.69, 9.17) is 0 Å². The summed E-state index contributed by atoms with van der Waals surface area (Å²) in [6.45, 7) is 8.85. The van der Waals surface area contributed by atoms with Gasteiger partial charge < -0.3 is 4.90 Å². The summed E-state index contributed by atoms with van der Waals surface area (Å²) in [4.78, 5) is 19.7. The molecule has 2 heterocycles. The first-order chi connectivity index (χ1) is 15.0. The lowest BCUT2D eigenvalue weighted by Crippen LogP contribution is -2.39. The second-order valence-corrected chi connectivity index (χ2v) is 8.53. The molecule has 1 saturated carbocycles. The number of hydrogen-bond donors (Lipinski definition) is 0. The molecule has 0 saturated heterocycles. The van der Waals surface area contributed by atoms with Crippen LogP contribution >= 0.6 is 0 Å². The highest BCUT2D eigenvalue weighted by molar-refractivity contribution is 5.93. The molecule has 4 rings (SSSR count). The number of halogens is 1. The fourth-order valence-electron chi connectivity index (χ4n) is 4.32. The van der Waals surface area contributed by atoms with E-state index in [0.717, 1.165) is 36.9 Å². The van der Waals surface area contributed by atoms with Gasteiger partial charge in [0.05, 0.1) is 5.69 Å². The summed E-state index contributed by atoms with van der Waals surface area (Å²) in [5.74, 6) is 0.180. The van der Waals surface area contributed by atoms with Crippen molar-refractivity contribution in [3.8, 4) is 11.3 Å². The van der Waals surface area contributed by atoms with E-state index in [9.17, 15) is 9.18 Å². The third kappa shape index (κ3) is 4.21. The Labute approximate surface area is 183 Å². The molecule has 164 valence electrons. The molecule has 0 spiro atoms. The van der Waals surface area contributed by atoms with Crippen LogP contribution < -0.4 is 0 Å². The fraction of sp³-hybridized carbons (Fsp3) is 0.480. The highest BCUT2D eigenvalue weighted by Gasteiger charge is 2.25. The van der Waals surface area contributed by atoms with Gasteiger partial charge in [0.2, 0.25) is 0 Å². The molecule has 1 unspecified atom stereocenters. The molecule has 1 fully saturated rings. The second kappa shape index (κ2) is 8.77. The van der Waals surface area contributed by atoms with E-state index in [2.05, 4.69) is 23.9 Å². The molecule has 6 heteroatoms. The summed E-state index contributed by atoms with van der Waals surface area (Å²) in [6.07, 6.45) is 4.95. The van der Waals surface area contributed by atoms with Crippen molar-refractivity contribution in [1.29, 1.82) is 0 Å². The zero-order valence-corrected chi connectivity index (χ0v) is 18.9. The zero-order chi connectivity index (χ0) is 22.1. The van der Waals surface area contributed by atoms with E-state index in [1.807, 2.05) is 36.9 Å². The van der Waals surface area contributed by atoms with Crippen LogP contribution in [0.25, 0.3) is 16.9 Å². The first-order valence-corrected chi connectivity index (χ1v) is 11.5. The van der Waals surface area contributed by atoms with E-state index < -0.39 is 0 Å². The summed E-state index contributed by atoms with van der Waals surface area (Å²) >= 11 is 0. The summed E-state index contributed by atoms with van der Waals surface area (Å²) in [5.41, 5.74) is 3.95. The van der Waals surface area contributed by atoms with Gasteiger partial charge in [0.15, 0.2) is 5.65 Å². The summed E-state index contributed by atoms with van der Waals surface area (Å²) in [5, 5.41) is 4.62. The van der Waals surface area contributed by atoms with E-state index in [1.165, 1.54) is 0 Å². The van der Waals surface area contributed by atoms with E-state index in [-0.39, 0.29) is 17.8 Å². The molecule has 0 bridgehead atoms. The smallest absolute Gasteiger partial charge is 0.272 e. The van der Waals surface area contributed by atoms with Crippen LogP contribution in [0.3, 0.4) is 0 Å². The molecule has 0 radical (unpaired) electrons. The molecule has 1 amide bonds. The highest BCUT2D eigenvalue weighted by Crippen LogP contribution is 2.41. The van der Waals surface area contributed by atoms with Gasteiger partial charge in [0.1, 0.15) is 11.5 Å². The molecular weight excluding hydrogens is 391 g/mol. The summed E-state index contributed by atoms with van der Waals surface area (Å²) in [7, 11) is 0. The average Bonchev–Trinajstić information content (AvgIpc) is 3.52. The van der Waals surface area contributed by atoms with Crippen molar-refractivity contribution in [2.45, 2.75) is 71.8 Å². The number of carbonyl (C=O) groups is 1. The third-order valence-corrected chi connectivity index (χ3v) is 6.24. The van der Waals surface area contributed by atoms with Crippen LogP contribution in [0.5, 0.6) is 0 Å². The van der Waals surface area contributed by atoms with Crippen LogP contribution in [0.2, 0.25) is 0 Å². The number of fused-ring (bicyclic) bond motifs is 1. The Morgan fingerprint density at radius 3 is 2.61 bits per heavy atom. The Hall–Kier alpha value is -2.76. The van der Waals surface area contributed by atoms with Crippen LogP contribution in [-0.2, 0) is 6.42 Å². The minimum absolute atomic E-state index is 0.0663. The van der Waals surface area contributed by atoms with Crippen molar-refractivity contribution in [3.05, 3.63) is 53.1 Å². The monoisotopic (exact) mass is 422 g/mol. The Kier molecular flexibility index (Phi) is 6.08. The number of aromatic nitrogens is 3. The van der Waals surface area contributed by atoms with Crippen molar-refractivity contribution in [2.75, 3.05) is 6.54 Å². The maximum absolute atomic E-state index is 14.8. The molecule has 1 atom stereocenters. The maximum Gasteiger partial charge on any atom is 0.272 e. The zero-order valence-electron chi connectivity index (χ0n) is 18.9. The van der Waals surface area contributed by atoms with Crippen molar-refractivity contribution in [3.63, 3.8) is 0 Å². The predicted molar refractivity (Wildman–Crippen MR) is 121 cm³/mol. The maximum atomic E-state index is 14.8. The topological polar surface area (TPSA) is 50.5 Å². The fourth-order valence-corrected chi connectivity index (χ4v) is 4.32. The predicted octanol–water partition coefficient (Wildman–Crippen LogP) is 5.63. The van der Waals surface area contributed by atoms with Gasteiger partial charge >= 0.3 is 0 Å². The molecule has 3 aromatic rings. The molecule has 31 heavy (non-hydrogen) atoms. The van der Waals surface area contributed by atoms with Crippen molar-refractivity contribution in [2.24, 2.45) is 0 Å². The van der Waals surface area contributed by atoms with Gasteiger partial charge in [-0.15, -0.1) is 0 Å². The summed E-state index contributed by atoms with van der Waals surface area (Å²) in [6, 6.07) is 9.20. The Morgan fingerprint density at radius 1 is 1.23 bits per heavy atom. The van der Waals surface area contributed by atoms with Crippen molar-refractivity contribution >= 4 is 11.6 Å². The van der Waals surface area contributed by atoms with Gasteiger partial charge in [-0.3, -0.25) is 4.79 Å². The van der Waals surface area contributed by atoms with E-state index in [1.54, 1.807) is 16.6 Å². The van der Waals surface area contributed by atoms with Gasteiger partial charge in [-0.2, -0.15) is 5.10 Å². The lowest BCUT2D eigenvalue weighted by molar-refractivity contribution is 0.0689. The van der Waals surface area contributed by atoms with Gasteiger partial charge in [-0.25, -0.2) is 13.9 Å². The van der Waals surface area contributed by atoms with Crippen molar-refractivity contribution in [1.82, 2.24) is 19.5 Å². The largest absolute Gasteiger partial charge is 0.335 e. The normalized spacial score (nSPS) is 14.7. The number of rotatable bonds is 8. The minimum atomic E-state index is -0.257. The molecule has 1 aliphatic carbocycles. The van der Waals surface area contributed by atoms with Crippen LogP contribution in [-0.4, -0.2) is 38.0 Å². The third-order valence-electron chi connectivity index (χ3n) is 6.24. The number of benzene rings is 1. The molecular formula is C25H31FN4O. The van der Waals surface area contributed by atoms with Crippen LogP contribution in [0.15, 0.2) is 30.3 Å². The molecule has 1 aliphatic rings. The Bertz CT molecular complexity index is 1100. The highest BCUT2D eigenvalue weighted by atomic mass is 19.1. The molecule has 2 aromatic heterocycles. The quantitative estimate of drug-likeness (QED) is 0.473. The summed E-state index contributed by atoms with van der Waals surface area (Å²) < 4.78 is 16.6. The first-order valence-electron chi connectivity index (χ1n) is 11.5. The molecule has 0 N–H and O–H groups in total. The van der Waals surface area contributed by atoms with Crippen LogP contribution in [0.1, 0.15) is 81.0 Å². The van der Waals surface area contributed by atoms with Crippen molar-refractivity contribution < 1.29 is 9.18 Å². The van der Waals surface area contributed by atoms with E-state index in [0.29, 0.717) is 41.5 Å². The molecule has 1 aromatic carbocycles. The SMILES string of the molecule is CCCC(C)N(CC)C(=O)c1cc(CC)n2nc(-c3ccc(C4CC4)cc3F)cc2n1. The second-order valence-electron chi connectivity index (χ2n) is 8.53. The minimum Gasteiger partial charge on any atom is -0.335 e. The Morgan fingerprint density at radius 2 is 2.00 bits per heavy atom. The number of carbonyl (C=O) groups excluding carboxylic acids is 1. The first kappa shape index (κ1) is 21.5. The number of amides is 1. The van der Waals surface area contributed by atoms with Gasteiger partial charge in [0, 0.05) is 29.9 Å². The lowest BCUT2D eigenvalue weighted by atomic mass is 10.1. The van der Waals surface area contributed by atoms with Gasteiger partial charge in [0.25, 0.3) is 5.91 Å². The molecule has 0 aliphatic heterocycles. The Balaban J connectivity index is 1.72. The van der Waals surface area contributed by atoms with Crippen LogP contribution in [0, 0.1) is 5.82 Å². The van der Waals surface area contributed by atoms with Gasteiger partial charge in [-0.05, 0) is 69.2 Å². The average molecular weight is 423 g/mol. The lowest BCUT2D eigenvalue weighted by Gasteiger charge is -2.27. The van der Waals surface area contributed by atoms with Gasteiger partial charge in [-0.1, -0.05) is 26.3 Å².